The summed E-state index contributed by atoms with van der Waals surface area (Å²) in [6, 6.07) is 5.44. The standard InChI is InChI=1S/C19H21N5O2/c1-14-15(18(25)23-10-4-2-3-5-11-23)13-21-24(14)19-20-9-8-16(22-19)17-7-6-12-26-17/h6-9,12-13H,2-5,10-11H2,1H3. The lowest BCUT2D eigenvalue weighted by Gasteiger charge is -2.19. The monoisotopic (exact) mass is 351 g/mol. The Labute approximate surface area is 151 Å². The summed E-state index contributed by atoms with van der Waals surface area (Å²) in [5.41, 5.74) is 2.03. The van der Waals surface area contributed by atoms with Gasteiger partial charge in [-0.2, -0.15) is 5.10 Å². The molecule has 1 aliphatic heterocycles. The van der Waals surface area contributed by atoms with E-state index in [1.165, 1.54) is 12.8 Å². The predicted molar refractivity (Wildman–Crippen MR) is 96.0 cm³/mol. The Morgan fingerprint density at radius 1 is 1.15 bits per heavy atom. The predicted octanol–water partition coefficient (Wildman–Crippen LogP) is 3.25. The Morgan fingerprint density at radius 2 is 1.96 bits per heavy atom. The Hall–Kier alpha value is -2.96. The number of rotatable bonds is 3. The van der Waals surface area contributed by atoms with Crippen molar-refractivity contribution in [2.24, 2.45) is 0 Å². The first-order chi connectivity index (χ1) is 12.7. The first-order valence-corrected chi connectivity index (χ1v) is 8.95. The summed E-state index contributed by atoms with van der Waals surface area (Å²) >= 11 is 0. The van der Waals surface area contributed by atoms with E-state index in [9.17, 15) is 4.79 Å². The Kier molecular flexibility index (Phi) is 4.51. The van der Waals surface area contributed by atoms with Crippen LogP contribution in [-0.2, 0) is 0 Å². The van der Waals surface area contributed by atoms with Gasteiger partial charge in [-0.25, -0.2) is 14.6 Å². The van der Waals surface area contributed by atoms with Crippen LogP contribution in [0.1, 0.15) is 41.7 Å². The van der Waals surface area contributed by atoms with Crippen molar-refractivity contribution in [2.75, 3.05) is 13.1 Å². The molecule has 0 N–H and O–H groups in total. The highest BCUT2D eigenvalue weighted by Crippen LogP contribution is 2.20. The van der Waals surface area contributed by atoms with Crippen molar-refractivity contribution >= 4 is 5.91 Å². The third kappa shape index (κ3) is 3.12. The second-order valence-corrected chi connectivity index (χ2v) is 6.48. The molecule has 3 aromatic heterocycles. The molecule has 0 aliphatic carbocycles. The molecule has 3 aromatic rings. The molecule has 1 fully saturated rings. The average molecular weight is 351 g/mol. The van der Waals surface area contributed by atoms with Crippen LogP contribution in [0.5, 0.6) is 0 Å². The number of amides is 1. The summed E-state index contributed by atoms with van der Waals surface area (Å²) in [5.74, 6) is 1.13. The molecule has 0 atom stereocenters. The minimum atomic E-state index is 0.0397. The Morgan fingerprint density at radius 3 is 2.69 bits per heavy atom. The van der Waals surface area contributed by atoms with E-state index in [0.717, 1.165) is 31.6 Å². The van der Waals surface area contributed by atoms with Gasteiger partial charge in [-0.15, -0.1) is 0 Å². The number of furan rings is 1. The minimum absolute atomic E-state index is 0.0397. The minimum Gasteiger partial charge on any atom is -0.463 e. The number of nitrogens with zero attached hydrogens (tertiary/aromatic N) is 5. The SMILES string of the molecule is Cc1c(C(=O)N2CCCCCC2)cnn1-c1nccc(-c2ccco2)n1. The molecule has 0 aromatic carbocycles. The van der Waals surface area contributed by atoms with E-state index in [-0.39, 0.29) is 5.91 Å². The van der Waals surface area contributed by atoms with Gasteiger partial charge in [0.05, 0.1) is 23.7 Å². The van der Waals surface area contributed by atoms with E-state index < -0.39 is 0 Å². The maximum Gasteiger partial charge on any atom is 0.257 e. The largest absolute Gasteiger partial charge is 0.463 e. The number of hydrogen-bond donors (Lipinski definition) is 0. The van der Waals surface area contributed by atoms with Gasteiger partial charge in [-0.05, 0) is 38.0 Å². The van der Waals surface area contributed by atoms with Crippen molar-refractivity contribution in [1.82, 2.24) is 24.6 Å². The average Bonchev–Trinajstić information content (AvgIpc) is 3.24. The summed E-state index contributed by atoms with van der Waals surface area (Å²) in [6.07, 6.45) is 9.39. The molecule has 0 saturated carbocycles. The van der Waals surface area contributed by atoms with Crippen LogP contribution in [0.25, 0.3) is 17.4 Å². The summed E-state index contributed by atoms with van der Waals surface area (Å²) in [7, 11) is 0. The summed E-state index contributed by atoms with van der Waals surface area (Å²) in [4.78, 5) is 23.6. The van der Waals surface area contributed by atoms with Gasteiger partial charge in [0.2, 0.25) is 0 Å². The molecule has 0 unspecified atom stereocenters. The molecule has 26 heavy (non-hydrogen) atoms. The molecule has 1 amide bonds. The van der Waals surface area contributed by atoms with Gasteiger partial charge in [-0.3, -0.25) is 4.79 Å². The molecule has 7 nitrogen and oxygen atoms in total. The van der Waals surface area contributed by atoms with E-state index in [2.05, 4.69) is 15.1 Å². The fourth-order valence-corrected chi connectivity index (χ4v) is 3.28. The van der Waals surface area contributed by atoms with Crippen LogP contribution in [0.3, 0.4) is 0 Å². The van der Waals surface area contributed by atoms with Crippen molar-refractivity contribution in [3.05, 3.63) is 48.1 Å². The van der Waals surface area contributed by atoms with Crippen molar-refractivity contribution in [3.63, 3.8) is 0 Å². The van der Waals surface area contributed by atoms with Crippen molar-refractivity contribution in [1.29, 1.82) is 0 Å². The van der Waals surface area contributed by atoms with E-state index >= 15 is 0 Å². The number of likely N-dealkylation sites (tertiary alicyclic amines) is 1. The molecular weight excluding hydrogens is 330 g/mol. The fraction of sp³-hybridized carbons (Fsp3) is 0.368. The van der Waals surface area contributed by atoms with E-state index in [1.54, 1.807) is 29.4 Å². The van der Waals surface area contributed by atoms with Crippen LogP contribution < -0.4 is 0 Å². The lowest BCUT2D eigenvalue weighted by atomic mass is 10.2. The van der Waals surface area contributed by atoms with Gasteiger partial charge < -0.3 is 9.32 Å². The van der Waals surface area contributed by atoms with Gasteiger partial charge in [-0.1, -0.05) is 12.8 Å². The highest BCUT2D eigenvalue weighted by atomic mass is 16.3. The highest BCUT2D eigenvalue weighted by Gasteiger charge is 2.22. The smallest absolute Gasteiger partial charge is 0.257 e. The van der Waals surface area contributed by atoms with Gasteiger partial charge in [0.15, 0.2) is 5.76 Å². The van der Waals surface area contributed by atoms with Crippen molar-refractivity contribution < 1.29 is 9.21 Å². The Bertz CT molecular complexity index is 893. The van der Waals surface area contributed by atoms with E-state index in [1.807, 2.05) is 24.0 Å². The van der Waals surface area contributed by atoms with Crippen LogP contribution in [0.4, 0.5) is 0 Å². The highest BCUT2D eigenvalue weighted by molar-refractivity contribution is 5.95. The number of aromatic nitrogens is 4. The zero-order valence-electron chi connectivity index (χ0n) is 14.8. The molecule has 4 heterocycles. The van der Waals surface area contributed by atoms with Gasteiger partial charge in [0, 0.05) is 19.3 Å². The Balaban J connectivity index is 1.63. The number of carbonyl (C=O) groups excluding carboxylic acids is 1. The quantitative estimate of drug-likeness (QED) is 0.724. The first kappa shape index (κ1) is 16.5. The van der Waals surface area contributed by atoms with Crippen molar-refractivity contribution in [2.45, 2.75) is 32.6 Å². The molecule has 1 saturated heterocycles. The molecule has 0 spiro atoms. The maximum atomic E-state index is 12.9. The summed E-state index contributed by atoms with van der Waals surface area (Å²) in [6.45, 7) is 3.50. The van der Waals surface area contributed by atoms with Gasteiger partial charge in [0.1, 0.15) is 5.69 Å². The number of carbonyl (C=O) groups is 1. The second-order valence-electron chi connectivity index (χ2n) is 6.48. The molecule has 134 valence electrons. The topological polar surface area (TPSA) is 77.0 Å². The number of hydrogen-bond acceptors (Lipinski definition) is 5. The van der Waals surface area contributed by atoms with Gasteiger partial charge >= 0.3 is 0 Å². The molecule has 0 bridgehead atoms. The second kappa shape index (κ2) is 7.11. The van der Waals surface area contributed by atoms with Crippen LogP contribution >= 0.6 is 0 Å². The molecule has 4 rings (SSSR count). The summed E-state index contributed by atoms with van der Waals surface area (Å²) in [5, 5.41) is 4.36. The molecule has 7 heteroatoms. The van der Waals surface area contributed by atoms with Crippen LogP contribution in [0.2, 0.25) is 0 Å². The molecule has 1 aliphatic rings. The molecule has 0 radical (unpaired) electrons. The summed E-state index contributed by atoms with van der Waals surface area (Å²) < 4.78 is 7.00. The third-order valence-corrected chi connectivity index (χ3v) is 4.74. The fourth-order valence-electron chi connectivity index (χ4n) is 3.28. The van der Waals surface area contributed by atoms with Gasteiger partial charge in [0.25, 0.3) is 11.9 Å². The van der Waals surface area contributed by atoms with Crippen LogP contribution in [0.15, 0.2) is 41.3 Å². The van der Waals surface area contributed by atoms with Crippen LogP contribution in [0, 0.1) is 6.92 Å². The normalized spacial score (nSPS) is 15.0. The first-order valence-electron chi connectivity index (χ1n) is 8.95. The zero-order valence-corrected chi connectivity index (χ0v) is 14.8. The van der Waals surface area contributed by atoms with Crippen molar-refractivity contribution in [3.8, 4) is 17.4 Å². The van der Waals surface area contributed by atoms with E-state index in [4.69, 9.17) is 4.42 Å². The lowest BCUT2D eigenvalue weighted by Crippen LogP contribution is -2.32. The van der Waals surface area contributed by atoms with Crippen LogP contribution in [-0.4, -0.2) is 43.6 Å². The third-order valence-electron chi connectivity index (χ3n) is 4.74. The zero-order chi connectivity index (χ0) is 17.9. The maximum absolute atomic E-state index is 12.9. The lowest BCUT2D eigenvalue weighted by molar-refractivity contribution is 0.0761. The molecular formula is C19H21N5O2. The van der Waals surface area contributed by atoms with E-state index in [0.29, 0.717) is 23.0 Å².